The Morgan fingerprint density at radius 2 is 1.71 bits per heavy atom. The van der Waals surface area contributed by atoms with Gasteiger partial charge in [0.15, 0.2) is 0 Å². The highest BCUT2D eigenvalue weighted by molar-refractivity contribution is 5.67. The molecule has 0 spiro atoms. The number of unbranched alkanes of at least 4 members (excludes halogenated alkanes) is 7. The van der Waals surface area contributed by atoms with Crippen LogP contribution in [-0.2, 0) is 0 Å². The minimum absolute atomic E-state index is 0.140. The monoisotopic (exact) mass is 336 g/mol. The van der Waals surface area contributed by atoms with Crippen LogP contribution in [0.1, 0.15) is 58.3 Å². The summed E-state index contributed by atoms with van der Waals surface area (Å²) in [5.74, 6) is 0. The van der Waals surface area contributed by atoms with Crippen molar-refractivity contribution in [3.05, 3.63) is 38.4 Å². The van der Waals surface area contributed by atoms with Gasteiger partial charge in [0.25, 0.3) is 5.69 Å². The molecule has 1 aromatic carbocycles. The smallest absolute Gasteiger partial charge is 0.272 e. The highest BCUT2D eigenvalue weighted by Gasteiger charge is 2.18. The lowest BCUT2D eigenvalue weighted by Gasteiger charge is -2.02. The Kier molecular flexibility index (Phi) is 9.03. The normalized spacial score (nSPS) is 10.9. The molecular weight excluding hydrogens is 312 g/mol. The molecule has 132 valence electrons. The molecule has 0 aromatic heterocycles. The van der Waals surface area contributed by atoms with E-state index >= 15 is 0 Å². The van der Waals surface area contributed by atoms with Gasteiger partial charge < -0.3 is 0 Å². The first-order valence-electron chi connectivity index (χ1n) is 8.26. The Hall–Kier alpha value is -2.51. The average molecular weight is 336 g/mol. The summed E-state index contributed by atoms with van der Waals surface area (Å²) in [7, 11) is 0. The molecule has 0 radical (unpaired) electrons. The van der Waals surface area contributed by atoms with E-state index in [1.54, 1.807) is 6.21 Å². The molecule has 0 unspecified atom stereocenters. The predicted molar refractivity (Wildman–Crippen MR) is 94.5 cm³/mol. The number of hydrogen-bond acceptors (Lipinski definition) is 6. The van der Waals surface area contributed by atoms with E-state index in [-0.39, 0.29) is 17.1 Å². The van der Waals surface area contributed by atoms with Gasteiger partial charge in [-0.1, -0.05) is 45.4 Å². The Morgan fingerprint density at radius 1 is 1.04 bits per heavy atom. The maximum absolute atomic E-state index is 11.0. The molecule has 0 saturated heterocycles. The van der Waals surface area contributed by atoms with Gasteiger partial charge in [0.2, 0.25) is 0 Å². The van der Waals surface area contributed by atoms with Gasteiger partial charge in [-0.25, -0.2) is 0 Å². The molecule has 0 heterocycles. The minimum Gasteiger partial charge on any atom is -0.272 e. The van der Waals surface area contributed by atoms with Crippen molar-refractivity contribution >= 4 is 23.3 Å². The second-order valence-electron chi connectivity index (χ2n) is 5.55. The van der Waals surface area contributed by atoms with E-state index in [1.807, 2.05) is 0 Å². The van der Waals surface area contributed by atoms with Gasteiger partial charge in [0.1, 0.15) is 5.69 Å². The fourth-order valence-corrected chi connectivity index (χ4v) is 2.25. The quantitative estimate of drug-likeness (QED) is 0.249. The van der Waals surface area contributed by atoms with Crippen molar-refractivity contribution in [2.75, 3.05) is 5.43 Å². The second-order valence-corrected chi connectivity index (χ2v) is 5.55. The van der Waals surface area contributed by atoms with Gasteiger partial charge in [0.05, 0.1) is 15.9 Å². The van der Waals surface area contributed by atoms with E-state index in [0.717, 1.165) is 25.3 Å². The van der Waals surface area contributed by atoms with Gasteiger partial charge >= 0.3 is 5.69 Å². The van der Waals surface area contributed by atoms with Crippen LogP contribution in [0.2, 0.25) is 0 Å². The summed E-state index contributed by atoms with van der Waals surface area (Å²) in [5.41, 5.74) is 2.04. The number of nitro groups is 2. The predicted octanol–water partition coefficient (Wildman–Crippen LogP) is 5.04. The molecule has 1 rings (SSSR count). The maximum atomic E-state index is 11.0. The topological polar surface area (TPSA) is 111 Å². The van der Waals surface area contributed by atoms with Gasteiger partial charge in [-0.15, -0.1) is 0 Å². The fourth-order valence-electron chi connectivity index (χ4n) is 2.25. The zero-order valence-electron chi connectivity index (χ0n) is 13.9. The zero-order chi connectivity index (χ0) is 17.8. The summed E-state index contributed by atoms with van der Waals surface area (Å²) < 4.78 is 0. The summed E-state index contributed by atoms with van der Waals surface area (Å²) in [5, 5.41) is 25.6. The van der Waals surface area contributed by atoms with Crippen molar-refractivity contribution in [3.63, 3.8) is 0 Å². The lowest BCUT2D eigenvalue weighted by molar-refractivity contribution is -0.393. The van der Waals surface area contributed by atoms with Gasteiger partial charge in [-0.05, 0) is 18.9 Å². The molecule has 0 aliphatic carbocycles. The van der Waals surface area contributed by atoms with E-state index in [9.17, 15) is 20.2 Å². The zero-order valence-corrected chi connectivity index (χ0v) is 13.9. The summed E-state index contributed by atoms with van der Waals surface area (Å²) in [6.07, 6.45) is 10.9. The van der Waals surface area contributed by atoms with Crippen LogP contribution in [-0.4, -0.2) is 16.1 Å². The number of hydrazone groups is 1. The molecule has 0 bridgehead atoms. The average Bonchev–Trinajstić information content (AvgIpc) is 2.56. The van der Waals surface area contributed by atoms with Crippen molar-refractivity contribution in [2.45, 2.75) is 58.3 Å². The number of benzene rings is 1. The van der Waals surface area contributed by atoms with Crippen molar-refractivity contribution in [1.29, 1.82) is 0 Å². The van der Waals surface area contributed by atoms with Crippen LogP contribution in [0.25, 0.3) is 0 Å². The molecule has 0 saturated carbocycles. The highest BCUT2D eigenvalue weighted by Crippen LogP contribution is 2.28. The Morgan fingerprint density at radius 3 is 2.33 bits per heavy atom. The molecule has 24 heavy (non-hydrogen) atoms. The molecule has 8 nitrogen and oxygen atoms in total. The molecule has 1 N–H and O–H groups in total. The number of non-ortho nitro benzene ring substituents is 1. The maximum Gasteiger partial charge on any atom is 0.301 e. The molecule has 0 atom stereocenters. The third-order valence-electron chi connectivity index (χ3n) is 3.60. The number of nitrogens with zero attached hydrogens (tertiary/aromatic N) is 3. The second kappa shape index (κ2) is 11.1. The van der Waals surface area contributed by atoms with Crippen LogP contribution in [0.3, 0.4) is 0 Å². The third-order valence-corrected chi connectivity index (χ3v) is 3.60. The number of anilines is 1. The standard InChI is InChI=1S/C16H24N4O4/c1-2-3-4-5-6-7-8-9-12-17-18-15-11-10-14(19(21)22)13-16(15)20(23)24/h10-13,18H,2-9H2,1H3/b17-12+. The van der Waals surface area contributed by atoms with E-state index in [0.29, 0.717) is 0 Å². The minimum atomic E-state index is -0.666. The molecule has 0 aliphatic rings. The van der Waals surface area contributed by atoms with Crippen molar-refractivity contribution in [1.82, 2.24) is 0 Å². The molecule has 1 aromatic rings. The molecule has 8 heteroatoms. The van der Waals surface area contributed by atoms with Gasteiger partial charge in [-0.2, -0.15) is 5.10 Å². The van der Waals surface area contributed by atoms with E-state index < -0.39 is 9.85 Å². The van der Waals surface area contributed by atoms with E-state index in [2.05, 4.69) is 17.5 Å². The van der Waals surface area contributed by atoms with Crippen LogP contribution in [0, 0.1) is 20.2 Å². The van der Waals surface area contributed by atoms with Crippen LogP contribution >= 0.6 is 0 Å². The number of nitro benzene ring substituents is 2. The van der Waals surface area contributed by atoms with Crippen molar-refractivity contribution < 1.29 is 9.85 Å². The SMILES string of the molecule is CCCCCCCCC/C=N/Nc1ccc([N+](=O)[O-])cc1[N+](=O)[O-]. The van der Waals surface area contributed by atoms with Crippen LogP contribution in [0.5, 0.6) is 0 Å². The lowest BCUT2D eigenvalue weighted by atomic mass is 10.1. The molecule has 0 aliphatic heterocycles. The summed E-state index contributed by atoms with van der Waals surface area (Å²) in [4.78, 5) is 20.3. The summed E-state index contributed by atoms with van der Waals surface area (Å²) >= 11 is 0. The Labute approximate surface area is 141 Å². The first-order valence-corrected chi connectivity index (χ1v) is 8.26. The Balaban J connectivity index is 2.38. The van der Waals surface area contributed by atoms with Crippen LogP contribution in [0.15, 0.2) is 23.3 Å². The lowest BCUT2D eigenvalue weighted by Crippen LogP contribution is -1.98. The molecule has 0 fully saturated rings. The van der Waals surface area contributed by atoms with Crippen molar-refractivity contribution in [3.8, 4) is 0 Å². The fraction of sp³-hybridized carbons (Fsp3) is 0.562. The number of hydrogen-bond donors (Lipinski definition) is 1. The first-order chi connectivity index (χ1) is 11.6. The van der Waals surface area contributed by atoms with E-state index in [4.69, 9.17) is 0 Å². The number of nitrogens with one attached hydrogen (secondary N) is 1. The third kappa shape index (κ3) is 7.17. The summed E-state index contributed by atoms with van der Waals surface area (Å²) in [6.45, 7) is 2.19. The molecular formula is C16H24N4O4. The van der Waals surface area contributed by atoms with Crippen LogP contribution < -0.4 is 5.43 Å². The van der Waals surface area contributed by atoms with Gasteiger partial charge in [0, 0.05) is 12.3 Å². The largest absolute Gasteiger partial charge is 0.301 e. The number of rotatable bonds is 12. The Bertz CT molecular complexity index is 575. The van der Waals surface area contributed by atoms with E-state index in [1.165, 1.54) is 44.2 Å². The summed E-state index contributed by atoms with van der Waals surface area (Å²) in [6, 6.07) is 3.43. The van der Waals surface area contributed by atoms with Crippen LogP contribution in [0.4, 0.5) is 17.1 Å². The molecule has 0 amide bonds. The first kappa shape index (κ1) is 19.5. The van der Waals surface area contributed by atoms with Crippen molar-refractivity contribution in [2.24, 2.45) is 5.10 Å². The van der Waals surface area contributed by atoms with Gasteiger partial charge in [-0.3, -0.25) is 25.7 Å². The highest BCUT2D eigenvalue weighted by atomic mass is 16.6.